The van der Waals surface area contributed by atoms with Crippen molar-refractivity contribution in [2.45, 2.75) is 57.0 Å². The largest absolute Gasteiger partial charge is 0.353 e. The van der Waals surface area contributed by atoms with Crippen LogP contribution >= 0.6 is 0 Å². The summed E-state index contributed by atoms with van der Waals surface area (Å²) in [5.41, 5.74) is 1.01. The van der Waals surface area contributed by atoms with E-state index in [0.717, 1.165) is 29.2 Å². The molecule has 0 saturated heterocycles. The molecule has 5 heteroatoms. The summed E-state index contributed by atoms with van der Waals surface area (Å²) in [6, 6.07) is 8.39. The van der Waals surface area contributed by atoms with Crippen LogP contribution in [0.25, 0.3) is 10.8 Å². The number of hydrogen-bond donors (Lipinski definition) is 2. The minimum absolute atomic E-state index is 0.0441. The lowest BCUT2D eigenvalue weighted by molar-refractivity contribution is -0.124. The molecule has 1 heterocycles. The highest BCUT2D eigenvalue weighted by Crippen LogP contribution is 2.29. The van der Waals surface area contributed by atoms with Crippen LogP contribution in [-0.2, 0) is 16.0 Å². The Morgan fingerprint density at radius 1 is 1.00 bits per heavy atom. The van der Waals surface area contributed by atoms with Crippen LogP contribution in [-0.4, -0.2) is 28.9 Å². The zero-order chi connectivity index (χ0) is 17.9. The molecule has 1 aromatic carbocycles. The summed E-state index contributed by atoms with van der Waals surface area (Å²) < 4.78 is 0. The van der Waals surface area contributed by atoms with Crippen molar-refractivity contribution in [2.75, 3.05) is 0 Å². The molecule has 2 N–H and O–H groups in total. The third kappa shape index (κ3) is 4.03. The number of rotatable bonds is 6. The van der Waals surface area contributed by atoms with Crippen molar-refractivity contribution in [3.63, 3.8) is 0 Å². The normalized spacial score (nSPS) is 22.3. The van der Waals surface area contributed by atoms with Gasteiger partial charge in [-0.2, -0.15) is 0 Å². The summed E-state index contributed by atoms with van der Waals surface area (Å²) in [6.45, 7) is 0. The molecule has 2 fully saturated rings. The minimum atomic E-state index is 0.0441. The van der Waals surface area contributed by atoms with Crippen molar-refractivity contribution in [3.05, 3.63) is 42.2 Å². The summed E-state index contributed by atoms with van der Waals surface area (Å²) in [4.78, 5) is 28.3. The highest BCUT2D eigenvalue weighted by Gasteiger charge is 2.32. The molecule has 2 amide bonds. The van der Waals surface area contributed by atoms with Crippen molar-refractivity contribution >= 4 is 22.6 Å². The van der Waals surface area contributed by atoms with E-state index < -0.39 is 0 Å². The van der Waals surface area contributed by atoms with Gasteiger partial charge in [0.2, 0.25) is 11.8 Å². The van der Waals surface area contributed by atoms with E-state index in [1.54, 1.807) is 6.20 Å². The van der Waals surface area contributed by atoms with E-state index in [1.165, 1.54) is 19.3 Å². The molecule has 4 rings (SSSR count). The fraction of sp³-hybridized carbons (Fsp3) is 0.476. The van der Waals surface area contributed by atoms with Crippen molar-refractivity contribution in [3.8, 4) is 0 Å². The molecule has 2 saturated carbocycles. The van der Waals surface area contributed by atoms with Gasteiger partial charge in [0.25, 0.3) is 0 Å². The molecule has 136 valence electrons. The van der Waals surface area contributed by atoms with Crippen LogP contribution in [0.15, 0.2) is 36.7 Å². The SMILES string of the molecule is O=C(Cc1ccc2cnccc2c1)NC1CC(NC(=O)CC2CCC2)C1. The van der Waals surface area contributed by atoms with Gasteiger partial charge in [0.15, 0.2) is 0 Å². The quantitative estimate of drug-likeness (QED) is 0.841. The summed E-state index contributed by atoms with van der Waals surface area (Å²) in [5.74, 6) is 0.820. The Balaban J connectivity index is 1.20. The average molecular weight is 351 g/mol. The lowest BCUT2D eigenvalue weighted by atomic mass is 9.82. The third-order valence-corrected chi connectivity index (χ3v) is 5.64. The number of nitrogens with zero attached hydrogens (tertiary/aromatic N) is 1. The van der Waals surface area contributed by atoms with Crippen LogP contribution in [0.2, 0.25) is 0 Å². The first-order valence-electron chi connectivity index (χ1n) is 9.57. The molecule has 0 radical (unpaired) electrons. The Kier molecular flexibility index (Phi) is 4.87. The van der Waals surface area contributed by atoms with E-state index in [-0.39, 0.29) is 23.9 Å². The Bertz CT molecular complexity index is 810. The molecule has 0 aliphatic heterocycles. The van der Waals surface area contributed by atoms with Gasteiger partial charge in [-0.05, 0) is 48.6 Å². The Morgan fingerprint density at radius 3 is 2.50 bits per heavy atom. The summed E-state index contributed by atoms with van der Waals surface area (Å²) >= 11 is 0. The van der Waals surface area contributed by atoms with E-state index in [9.17, 15) is 9.59 Å². The molecule has 0 bridgehead atoms. The molecule has 26 heavy (non-hydrogen) atoms. The van der Waals surface area contributed by atoms with Crippen LogP contribution < -0.4 is 10.6 Å². The predicted molar refractivity (Wildman–Crippen MR) is 101 cm³/mol. The summed E-state index contributed by atoms with van der Waals surface area (Å²) in [7, 11) is 0. The van der Waals surface area contributed by atoms with Crippen LogP contribution in [0, 0.1) is 5.92 Å². The molecule has 1 aromatic heterocycles. The van der Waals surface area contributed by atoms with Crippen molar-refractivity contribution in [2.24, 2.45) is 5.92 Å². The van der Waals surface area contributed by atoms with E-state index in [1.807, 2.05) is 30.5 Å². The number of aromatic nitrogens is 1. The number of fused-ring (bicyclic) bond motifs is 1. The second-order valence-corrected chi connectivity index (χ2v) is 7.74. The van der Waals surface area contributed by atoms with Gasteiger partial charge in [0.05, 0.1) is 6.42 Å². The van der Waals surface area contributed by atoms with Gasteiger partial charge in [-0.1, -0.05) is 24.6 Å². The number of hydrogen-bond acceptors (Lipinski definition) is 3. The smallest absolute Gasteiger partial charge is 0.224 e. The van der Waals surface area contributed by atoms with Gasteiger partial charge in [0, 0.05) is 36.3 Å². The Labute approximate surface area is 153 Å². The Hall–Kier alpha value is -2.43. The first-order chi connectivity index (χ1) is 12.7. The molecular weight excluding hydrogens is 326 g/mol. The lowest BCUT2D eigenvalue weighted by Gasteiger charge is -2.37. The van der Waals surface area contributed by atoms with Crippen molar-refractivity contribution in [1.82, 2.24) is 15.6 Å². The van der Waals surface area contributed by atoms with E-state index in [2.05, 4.69) is 15.6 Å². The molecule has 2 aliphatic carbocycles. The zero-order valence-corrected chi connectivity index (χ0v) is 14.9. The van der Waals surface area contributed by atoms with Crippen molar-refractivity contribution in [1.29, 1.82) is 0 Å². The molecular formula is C21H25N3O2. The highest BCUT2D eigenvalue weighted by molar-refractivity contribution is 5.85. The van der Waals surface area contributed by atoms with Crippen LogP contribution in [0.1, 0.15) is 44.1 Å². The maximum atomic E-state index is 12.3. The second-order valence-electron chi connectivity index (χ2n) is 7.74. The monoisotopic (exact) mass is 351 g/mol. The number of carbonyl (C=O) groups is 2. The van der Waals surface area contributed by atoms with Gasteiger partial charge in [0.1, 0.15) is 0 Å². The average Bonchev–Trinajstić information content (AvgIpc) is 2.56. The fourth-order valence-electron chi connectivity index (χ4n) is 3.81. The van der Waals surface area contributed by atoms with Crippen molar-refractivity contribution < 1.29 is 9.59 Å². The topological polar surface area (TPSA) is 71.1 Å². The predicted octanol–water partition coefficient (Wildman–Crippen LogP) is 2.73. The van der Waals surface area contributed by atoms with E-state index in [4.69, 9.17) is 0 Å². The molecule has 0 spiro atoms. The number of nitrogens with one attached hydrogen (secondary N) is 2. The van der Waals surface area contributed by atoms with Crippen LogP contribution in [0.3, 0.4) is 0 Å². The standard InChI is InChI=1S/C21H25N3O2/c25-20(9-14-2-1-3-14)23-18-11-19(12-18)24-21(26)10-15-4-5-17-13-22-7-6-16(17)8-15/h4-8,13-14,18-19H,1-3,9-12H2,(H,23,25)(H,24,26). The zero-order valence-electron chi connectivity index (χ0n) is 14.9. The number of carbonyl (C=O) groups excluding carboxylic acids is 2. The van der Waals surface area contributed by atoms with Gasteiger partial charge < -0.3 is 10.6 Å². The maximum absolute atomic E-state index is 12.3. The molecule has 5 nitrogen and oxygen atoms in total. The van der Waals surface area contributed by atoms with E-state index >= 15 is 0 Å². The first kappa shape index (κ1) is 17.0. The highest BCUT2D eigenvalue weighted by atomic mass is 16.2. The third-order valence-electron chi connectivity index (χ3n) is 5.64. The summed E-state index contributed by atoms with van der Waals surface area (Å²) in [5, 5.41) is 8.35. The maximum Gasteiger partial charge on any atom is 0.224 e. The van der Waals surface area contributed by atoms with Gasteiger partial charge >= 0.3 is 0 Å². The number of pyridine rings is 1. The molecule has 0 atom stereocenters. The number of amides is 2. The molecule has 2 aliphatic rings. The second kappa shape index (κ2) is 7.44. The van der Waals surface area contributed by atoms with E-state index in [0.29, 0.717) is 18.8 Å². The Morgan fingerprint density at radius 2 is 1.77 bits per heavy atom. The minimum Gasteiger partial charge on any atom is -0.353 e. The summed E-state index contributed by atoms with van der Waals surface area (Å²) in [6.07, 6.45) is 9.98. The van der Waals surface area contributed by atoms with Crippen LogP contribution in [0.4, 0.5) is 0 Å². The lowest BCUT2D eigenvalue weighted by Crippen LogP contribution is -2.54. The molecule has 0 unspecified atom stereocenters. The van der Waals surface area contributed by atoms with Crippen LogP contribution in [0.5, 0.6) is 0 Å². The van der Waals surface area contributed by atoms with Gasteiger partial charge in [-0.15, -0.1) is 0 Å². The molecule has 2 aromatic rings. The number of benzene rings is 1. The fourth-order valence-corrected chi connectivity index (χ4v) is 3.81. The first-order valence-corrected chi connectivity index (χ1v) is 9.57. The van der Waals surface area contributed by atoms with Gasteiger partial charge in [-0.25, -0.2) is 0 Å². The van der Waals surface area contributed by atoms with Gasteiger partial charge in [-0.3, -0.25) is 14.6 Å².